The van der Waals surface area contributed by atoms with Gasteiger partial charge in [-0.15, -0.1) is 0 Å². The first-order chi connectivity index (χ1) is 16.5. The smallest absolute Gasteiger partial charge is 0.275 e. The van der Waals surface area contributed by atoms with E-state index in [2.05, 4.69) is 0 Å². The molecule has 2 aliphatic heterocycles. The number of primary amides is 1. The number of nitrogens with two attached hydrogens (primary N) is 1. The molecule has 174 valence electrons. The van der Waals surface area contributed by atoms with Gasteiger partial charge in [-0.05, 0) is 73.4 Å². The van der Waals surface area contributed by atoms with Gasteiger partial charge < -0.3 is 24.8 Å². The molecule has 0 aliphatic carbocycles. The summed E-state index contributed by atoms with van der Waals surface area (Å²) in [5.41, 5.74) is 9.41. The minimum atomic E-state index is -0.555. The highest BCUT2D eigenvalue weighted by molar-refractivity contribution is 6.10. The van der Waals surface area contributed by atoms with Gasteiger partial charge in [-0.3, -0.25) is 14.4 Å². The SMILES string of the molecule is COc1ccc(-n2cc(C(N)=O)c3c2C(=O)N(c2ccc(N4CCCCC4=O)cc2)CC3)cc1. The van der Waals surface area contributed by atoms with Crippen LogP contribution in [0.4, 0.5) is 11.4 Å². The average Bonchev–Trinajstić information content (AvgIpc) is 3.26. The predicted octanol–water partition coefficient (Wildman–Crippen LogP) is 3.30. The molecule has 0 radical (unpaired) electrons. The molecule has 1 fully saturated rings. The zero-order chi connectivity index (χ0) is 23.8. The van der Waals surface area contributed by atoms with Crippen LogP contribution in [0.2, 0.25) is 0 Å². The van der Waals surface area contributed by atoms with Crippen molar-refractivity contribution in [3.63, 3.8) is 0 Å². The van der Waals surface area contributed by atoms with E-state index in [9.17, 15) is 14.4 Å². The molecule has 8 heteroatoms. The van der Waals surface area contributed by atoms with Gasteiger partial charge in [0.1, 0.15) is 11.4 Å². The van der Waals surface area contributed by atoms with Crippen LogP contribution in [0.1, 0.15) is 45.7 Å². The minimum Gasteiger partial charge on any atom is -0.497 e. The molecule has 8 nitrogen and oxygen atoms in total. The molecular formula is C26H26N4O4. The number of nitrogens with zero attached hydrogens (tertiary/aromatic N) is 3. The fourth-order valence-corrected chi connectivity index (χ4v) is 4.78. The minimum absolute atomic E-state index is 0.133. The van der Waals surface area contributed by atoms with Crippen LogP contribution in [-0.2, 0) is 11.2 Å². The molecule has 34 heavy (non-hydrogen) atoms. The number of ether oxygens (including phenoxy) is 1. The van der Waals surface area contributed by atoms with Crippen molar-refractivity contribution in [2.45, 2.75) is 25.7 Å². The zero-order valence-corrected chi connectivity index (χ0v) is 19.0. The largest absolute Gasteiger partial charge is 0.497 e. The van der Waals surface area contributed by atoms with Gasteiger partial charge in [-0.2, -0.15) is 0 Å². The number of methoxy groups -OCH3 is 1. The zero-order valence-electron chi connectivity index (χ0n) is 19.0. The third kappa shape index (κ3) is 3.71. The lowest BCUT2D eigenvalue weighted by Gasteiger charge is -2.30. The Morgan fingerprint density at radius 3 is 2.12 bits per heavy atom. The molecule has 5 rings (SSSR count). The van der Waals surface area contributed by atoms with Crippen molar-refractivity contribution in [3.05, 3.63) is 71.5 Å². The molecule has 0 unspecified atom stereocenters. The first kappa shape index (κ1) is 21.8. The van der Waals surface area contributed by atoms with Crippen LogP contribution in [0.3, 0.4) is 0 Å². The summed E-state index contributed by atoms with van der Waals surface area (Å²) in [6, 6.07) is 14.8. The summed E-state index contributed by atoms with van der Waals surface area (Å²) >= 11 is 0. The normalized spacial score (nSPS) is 15.9. The lowest BCUT2D eigenvalue weighted by molar-refractivity contribution is -0.119. The van der Waals surface area contributed by atoms with Crippen LogP contribution in [0.25, 0.3) is 5.69 Å². The molecule has 0 saturated carbocycles. The average molecular weight is 459 g/mol. The number of hydrogen-bond acceptors (Lipinski definition) is 4. The van der Waals surface area contributed by atoms with Crippen LogP contribution >= 0.6 is 0 Å². The maximum absolute atomic E-state index is 13.7. The lowest BCUT2D eigenvalue weighted by atomic mass is 10.0. The molecule has 3 aromatic rings. The number of fused-ring (bicyclic) bond motifs is 1. The Morgan fingerprint density at radius 1 is 0.853 bits per heavy atom. The number of hydrogen-bond donors (Lipinski definition) is 1. The van der Waals surface area contributed by atoms with Crippen LogP contribution in [0.15, 0.2) is 54.7 Å². The number of anilines is 2. The van der Waals surface area contributed by atoms with Crippen molar-refractivity contribution in [2.24, 2.45) is 5.73 Å². The second-order valence-corrected chi connectivity index (χ2v) is 8.53. The summed E-state index contributed by atoms with van der Waals surface area (Å²) in [6.45, 7) is 1.15. The van der Waals surface area contributed by atoms with Gasteiger partial charge in [-0.25, -0.2) is 0 Å². The van der Waals surface area contributed by atoms with Crippen LogP contribution < -0.4 is 20.3 Å². The molecule has 1 saturated heterocycles. The van der Waals surface area contributed by atoms with E-state index in [0.29, 0.717) is 42.0 Å². The third-order valence-corrected chi connectivity index (χ3v) is 6.56. The first-order valence-corrected chi connectivity index (χ1v) is 11.4. The maximum Gasteiger partial charge on any atom is 0.275 e. The molecule has 2 aliphatic rings. The third-order valence-electron chi connectivity index (χ3n) is 6.56. The van der Waals surface area contributed by atoms with Crippen molar-refractivity contribution < 1.29 is 19.1 Å². The fourth-order valence-electron chi connectivity index (χ4n) is 4.78. The summed E-state index contributed by atoms with van der Waals surface area (Å²) in [4.78, 5) is 41.6. The van der Waals surface area contributed by atoms with Gasteiger partial charge >= 0.3 is 0 Å². The van der Waals surface area contributed by atoms with E-state index in [1.54, 1.807) is 39.8 Å². The van der Waals surface area contributed by atoms with E-state index in [-0.39, 0.29) is 11.8 Å². The fraction of sp³-hybridized carbons (Fsp3) is 0.269. The van der Waals surface area contributed by atoms with Gasteiger partial charge in [0.25, 0.3) is 11.8 Å². The molecule has 2 N–H and O–H groups in total. The number of carbonyl (C=O) groups is 3. The molecule has 0 atom stereocenters. The van der Waals surface area contributed by atoms with E-state index >= 15 is 0 Å². The van der Waals surface area contributed by atoms with Crippen molar-refractivity contribution in [2.75, 3.05) is 30.0 Å². The molecule has 2 aromatic carbocycles. The number of benzene rings is 2. The van der Waals surface area contributed by atoms with Crippen LogP contribution in [0, 0.1) is 0 Å². The van der Waals surface area contributed by atoms with E-state index in [0.717, 1.165) is 36.4 Å². The van der Waals surface area contributed by atoms with Gasteiger partial charge in [-0.1, -0.05) is 0 Å². The van der Waals surface area contributed by atoms with Gasteiger partial charge in [0.05, 0.1) is 12.7 Å². The summed E-state index contributed by atoms with van der Waals surface area (Å²) in [7, 11) is 1.59. The second kappa shape index (κ2) is 8.70. The highest BCUT2D eigenvalue weighted by Gasteiger charge is 2.33. The van der Waals surface area contributed by atoms with Gasteiger partial charge in [0.15, 0.2) is 0 Å². The number of aromatic nitrogens is 1. The van der Waals surface area contributed by atoms with E-state index < -0.39 is 5.91 Å². The topological polar surface area (TPSA) is 97.9 Å². The van der Waals surface area contributed by atoms with Gasteiger partial charge in [0.2, 0.25) is 5.91 Å². The Hall–Kier alpha value is -4.07. The van der Waals surface area contributed by atoms with Crippen molar-refractivity contribution in [3.8, 4) is 11.4 Å². The molecule has 1 aromatic heterocycles. The quantitative estimate of drug-likeness (QED) is 0.634. The Bertz CT molecular complexity index is 1260. The molecule has 3 amide bonds. The summed E-state index contributed by atoms with van der Waals surface area (Å²) < 4.78 is 6.96. The van der Waals surface area contributed by atoms with E-state index in [1.165, 1.54) is 0 Å². The van der Waals surface area contributed by atoms with Crippen LogP contribution in [-0.4, -0.2) is 42.5 Å². The summed E-state index contributed by atoms with van der Waals surface area (Å²) in [6.07, 6.45) is 4.64. The molecule has 0 spiro atoms. The van der Waals surface area contributed by atoms with Crippen molar-refractivity contribution >= 4 is 29.1 Å². The first-order valence-electron chi connectivity index (χ1n) is 11.4. The molecular weight excluding hydrogens is 432 g/mol. The highest BCUT2D eigenvalue weighted by Crippen LogP contribution is 2.32. The number of amides is 3. The molecule has 0 bridgehead atoms. The Balaban J connectivity index is 1.49. The van der Waals surface area contributed by atoms with E-state index in [4.69, 9.17) is 10.5 Å². The number of rotatable bonds is 5. The maximum atomic E-state index is 13.7. The van der Waals surface area contributed by atoms with Crippen molar-refractivity contribution in [1.82, 2.24) is 4.57 Å². The van der Waals surface area contributed by atoms with Gasteiger partial charge in [0, 0.05) is 42.8 Å². The van der Waals surface area contributed by atoms with Crippen LogP contribution in [0.5, 0.6) is 5.75 Å². The molecule has 3 heterocycles. The number of piperidine rings is 1. The highest BCUT2D eigenvalue weighted by atomic mass is 16.5. The van der Waals surface area contributed by atoms with E-state index in [1.807, 2.05) is 36.4 Å². The standard InChI is InChI=1S/C26H26N4O4/c1-34-20-11-9-19(10-12-20)30-16-22(25(27)32)21-13-15-29(26(33)24(21)30)18-7-5-17(6-8-18)28-14-3-2-4-23(28)31/h5-12,16H,2-4,13-15H2,1H3,(H2,27,32). The predicted molar refractivity (Wildman–Crippen MR) is 129 cm³/mol. The lowest BCUT2D eigenvalue weighted by Crippen LogP contribution is -2.39. The summed E-state index contributed by atoms with van der Waals surface area (Å²) in [5.74, 6) is 0.0702. The second-order valence-electron chi connectivity index (χ2n) is 8.53. The summed E-state index contributed by atoms with van der Waals surface area (Å²) in [5, 5.41) is 0. The monoisotopic (exact) mass is 458 g/mol. The Labute approximate surface area is 197 Å². The Morgan fingerprint density at radius 2 is 1.50 bits per heavy atom. The number of carbonyl (C=O) groups excluding carboxylic acids is 3. The van der Waals surface area contributed by atoms with Crippen molar-refractivity contribution in [1.29, 1.82) is 0 Å². The Kier molecular flexibility index (Phi) is 5.57.